The topological polar surface area (TPSA) is 75.4 Å². The van der Waals surface area contributed by atoms with Crippen LogP contribution in [-0.4, -0.2) is 40.0 Å². The van der Waals surface area contributed by atoms with Crippen molar-refractivity contribution < 1.29 is 8.42 Å². The Morgan fingerprint density at radius 3 is 2.58 bits per heavy atom. The van der Waals surface area contributed by atoms with Gasteiger partial charge in [0.25, 0.3) is 0 Å². The SMILES string of the molecule is CCc1ccc(N)cc1S(=O)(=O)NCCN(C)CC. The van der Waals surface area contributed by atoms with Crippen molar-refractivity contribution in [2.75, 3.05) is 32.4 Å². The van der Waals surface area contributed by atoms with Gasteiger partial charge in [-0.1, -0.05) is 19.9 Å². The number of nitrogens with zero attached hydrogens (tertiary/aromatic N) is 1. The lowest BCUT2D eigenvalue weighted by Crippen LogP contribution is -2.33. The van der Waals surface area contributed by atoms with Crippen LogP contribution in [0, 0.1) is 0 Å². The van der Waals surface area contributed by atoms with Crippen molar-refractivity contribution in [2.24, 2.45) is 0 Å². The number of nitrogens with two attached hydrogens (primary N) is 1. The predicted octanol–water partition coefficient (Wildman–Crippen LogP) is 1.06. The fourth-order valence-corrected chi connectivity index (χ4v) is 3.08. The van der Waals surface area contributed by atoms with Crippen LogP contribution in [0.4, 0.5) is 5.69 Å². The van der Waals surface area contributed by atoms with E-state index in [1.165, 1.54) is 6.07 Å². The van der Waals surface area contributed by atoms with Gasteiger partial charge in [-0.3, -0.25) is 0 Å². The molecule has 0 spiro atoms. The molecule has 0 atom stereocenters. The standard InChI is InChI=1S/C13H23N3O2S/c1-4-11-6-7-12(14)10-13(11)19(17,18)15-8-9-16(3)5-2/h6-7,10,15H,4-5,8-9,14H2,1-3H3. The van der Waals surface area contributed by atoms with E-state index < -0.39 is 10.0 Å². The zero-order valence-electron chi connectivity index (χ0n) is 11.8. The monoisotopic (exact) mass is 285 g/mol. The molecule has 0 aromatic heterocycles. The molecule has 0 bridgehead atoms. The molecule has 3 N–H and O–H groups in total. The third-order valence-corrected chi connectivity index (χ3v) is 4.63. The second-order valence-electron chi connectivity index (χ2n) is 4.51. The maximum absolute atomic E-state index is 12.2. The van der Waals surface area contributed by atoms with Gasteiger partial charge in [0.15, 0.2) is 0 Å². The van der Waals surface area contributed by atoms with Gasteiger partial charge in [0.05, 0.1) is 4.90 Å². The molecule has 1 aromatic rings. The lowest BCUT2D eigenvalue weighted by Gasteiger charge is -2.15. The maximum atomic E-state index is 12.2. The molecule has 19 heavy (non-hydrogen) atoms. The van der Waals surface area contributed by atoms with Gasteiger partial charge >= 0.3 is 0 Å². The molecule has 0 unspecified atom stereocenters. The number of anilines is 1. The zero-order chi connectivity index (χ0) is 14.5. The van der Waals surface area contributed by atoms with Crippen LogP contribution in [-0.2, 0) is 16.4 Å². The van der Waals surface area contributed by atoms with Gasteiger partial charge in [0.1, 0.15) is 0 Å². The largest absolute Gasteiger partial charge is 0.399 e. The van der Waals surface area contributed by atoms with Crippen molar-refractivity contribution in [3.63, 3.8) is 0 Å². The molecule has 0 fully saturated rings. The van der Waals surface area contributed by atoms with Crippen molar-refractivity contribution in [2.45, 2.75) is 25.2 Å². The molecule has 5 nitrogen and oxygen atoms in total. The molecular formula is C13H23N3O2S. The molecule has 6 heteroatoms. The van der Waals surface area contributed by atoms with Crippen molar-refractivity contribution in [1.82, 2.24) is 9.62 Å². The van der Waals surface area contributed by atoms with Gasteiger partial charge < -0.3 is 10.6 Å². The van der Waals surface area contributed by atoms with Crippen molar-refractivity contribution >= 4 is 15.7 Å². The van der Waals surface area contributed by atoms with Crippen LogP contribution >= 0.6 is 0 Å². The maximum Gasteiger partial charge on any atom is 0.240 e. The minimum absolute atomic E-state index is 0.286. The number of nitrogens with one attached hydrogen (secondary N) is 1. The van der Waals surface area contributed by atoms with E-state index in [4.69, 9.17) is 5.73 Å². The van der Waals surface area contributed by atoms with E-state index >= 15 is 0 Å². The molecule has 1 aromatic carbocycles. The molecule has 1 rings (SSSR count). The normalized spacial score (nSPS) is 12.0. The van der Waals surface area contributed by atoms with E-state index in [-0.39, 0.29) is 4.90 Å². The number of sulfonamides is 1. The smallest absolute Gasteiger partial charge is 0.240 e. The number of aryl methyl sites for hydroxylation is 1. The highest BCUT2D eigenvalue weighted by Gasteiger charge is 2.17. The van der Waals surface area contributed by atoms with Crippen LogP contribution in [0.25, 0.3) is 0 Å². The van der Waals surface area contributed by atoms with Gasteiger partial charge in [-0.05, 0) is 37.7 Å². The Morgan fingerprint density at radius 2 is 2.00 bits per heavy atom. The summed E-state index contributed by atoms with van der Waals surface area (Å²) in [5.41, 5.74) is 6.92. The third-order valence-electron chi connectivity index (χ3n) is 3.09. The highest BCUT2D eigenvalue weighted by atomic mass is 32.2. The van der Waals surface area contributed by atoms with E-state index in [1.54, 1.807) is 12.1 Å². The van der Waals surface area contributed by atoms with Crippen LogP contribution in [0.15, 0.2) is 23.1 Å². The van der Waals surface area contributed by atoms with Crippen molar-refractivity contribution in [3.8, 4) is 0 Å². The molecule has 108 valence electrons. The Bertz CT molecular complexity index is 515. The summed E-state index contributed by atoms with van der Waals surface area (Å²) in [7, 11) is -1.54. The van der Waals surface area contributed by atoms with Crippen LogP contribution in [0.1, 0.15) is 19.4 Å². The Morgan fingerprint density at radius 1 is 1.32 bits per heavy atom. The summed E-state index contributed by atoms with van der Waals surface area (Å²) in [4.78, 5) is 2.33. The van der Waals surface area contributed by atoms with Crippen LogP contribution < -0.4 is 10.5 Å². The Labute approximate surface area is 115 Å². The van der Waals surface area contributed by atoms with Crippen LogP contribution in [0.5, 0.6) is 0 Å². The highest BCUT2D eigenvalue weighted by molar-refractivity contribution is 7.89. The molecule has 0 aliphatic heterocycles. The first kappa shape index (κ1) is 15.9. The Kier molecular flexibility index (Phi) is 5.78. The number of rotatable bonds is 7. The lowest BCUT2D eigenvalue weighted by molar-refractivity contribution is 0.358. The molecule has 0 heterocycles. The lowest BCUT2D eigenvalue weighted by atomic mass is 10.1. The Balaban J connectivity index is 2.85. The van der Waals surface area contributed by atoms with E-state index in [1.807, 2.05) is 25.8 Å². The number of hydrogen-bond acceptors (Lipinski definition) is 4. The first-order valence-electron chi connectivity index (χ1n) is 6.47. The molecular weight excluding hydrogens is 262 g/mol. The van der Waals surface area contributed by atoms with E-state index in [0.717, 1.165) is 12.1 Å². The van der Waals surface area contributed by atoms with E-state index in [2.05, 4.69) is 4.72 Å². The summed E-state index contributed by atoms with van der Waals surface area (Å²) in [6.07, 6.45) is 0.658. The summed E-state index contributed by atoms with van der Waals surface area (Å²) < 4.78 is 27.1. The van der Waals surface area contributed by atoms with Gasteiger partial charge in [0.2, 0.25) is 10.0 Å². The third kappa shape index (κ3) is 4.49. The number of benzene rings is 1. The predicted molar refractivity (Wildman–Crippen MR) is 78.6 cm³/mol. The minimum Gasteiger partial charge on any atom is -0.399 e. The second kappa shape index (κ2) is 6.88. The molecule has 0 radical (unpaired) electrons. The number of likely N-dealkylation sites (N-methyl/N-ethyl adjacent to an activating group) is 1. The van der Waals surface area contributed by atoms with Gasteiger partial charge in [-0.25, -0.2) is 13.1 Å². The van der Waals surface area contributed by atoms with Crippen molar-refractivity contribution in [3.05, 3.63) is 23.8 Å². The average molecular weight is 285 g/mol. The minimum atomic E-state index is -3.49. The zero-order valence-corrected chi connectivity index (χ0v) is 12.6. The summed E-state index contributed by atoms with van der Waals surface area (Å²) in [6.45, 7) is 5.92. The van der Waals surface area contributed by atoms with Gasteiger partial charge in [0, 0.05) is 18.8 Å². The summed E-state index contributed by atoms with van der Waals surface area (Å²) in [5, 5.41) is 0. The summed E-state index contributed by atoms with van der Waals surface area (Å²) in [5.74, 6) is 0. The summed E-state index contributed by atoms with van der Waals surface area (Å²) >= 11 is 0. The quantitative estimate of drug-likeness (QED) is 0.735. The fraction of sp³-hybridized carbons (Fsp3) is 0.538. The van der Waals surface area contributed by atoms with Crippen LogP contribution in [0.2, 0.25) is 0 Å². The fourth-order valence-electron chi connectivity index (χ4n) is 1.72. The molecule has 0 saturated heterocycles. The molecule has 0 amide bonds. The number of hydrogen-bond donors (Lipinski definition) is 2. The highest BCUT2D eigenvalue weighted by Crippen LogP contribution is 2.19. The molecule has 0 aliphatic carbocycles. The van der Waals surface area contributed by atoms with Crippen molar-refractivity contribution in [1.29, 1.82) is 0 Å². The van der Waals surface area contributed by atoms with Crippen LogP contribution in [0.3, 0.4) is 0 Å². The first-order chi connectivity index (χ1) is 8.90. The first-order valence-corrected chi connectivity index (χ1v) is 7.95. The molecule has 0 aliphatic rings. The Hall–Kier alpha value is -1.11. The number of nitrogen functional groups attached to an aromatic ring is 1. The summed E-state index contributed by atoms with van der Waals surface area (Å²) in [6, 6.07) is 5.01. The second-order valence-corrected chi connectivity index (χ2v) is 6.25. The van der Waals surface area contributed by atoms with Gasteiger partial charge in [-0.15, -0.1) is 0 Å². The molecule has 0 saturated carbocycles. The van der Waals surface area contributed by atoms with E-state index in [0.29, 0.717) is 25.2 Å². The van der Waals surface area contributed by atoms with Gasteiger partial charge in [-0.2, -0.15) is 0 Å². The average Bonchev–Trinajstić information content (AvgIpc) is 2.38. The van der Waals surface area contributed by atoms with E-state index in [9.17, 15) is 8.42 Å².